The van der Waals surface area contributed by atoms with Gasteiger partial charge in [0.2, 0.25) is 11.8 Å². The van der Waals surface area contributed by atoms with Crippen LogP contribution in [0, 0.1) is 5.41 Å². The zero-order valence-corrected chi connectivity index (χ0v) is 14.8. The van der Waals surface area contributed by atoms with Gasteiger partial charge in [-0.05, 0) is 31.1 Å². The molecule has 2 amide bonds. The molecule has 7 heteroatoms. The van der Waals surface area contributed by atoms with Crippen LogP contribution in [0.3, 0.4) is 0 Å². The Bertz CT molecular complexity index is 421. The molecule has 1 atom stereocenters. The van der Waals surface area contributed by atoms with Gasteiger partial charge < -0.3 is 9.80 Å². The van der Waals surface area contributed by atoms with Crippen LogP contribution in [0.25, 0.3) is 0 Å². The summed E-state index contributed by atoms with van der Waals surface area (Å²) in [5, 5.41) is 3.27. The van der Waals surface area contributed by atoms with Crippen molar-refractivity contribution < 1.29 is 9.59 Å². The topological polar surface area (TPSA) is 52.7 Å². The van der Waals surface area contributed by atoms with Crippen LogP contribution in [-0.2, 0) is 9.59 Å². The van der Waals surface area contributed by atoms with Crippen LogP contribution in [0.5, 0.6) is 0 Å². The SMILES string of the molecule is CC(=O)N1CCCC2(CCN(C(=O)[C@@H]3CSCN3)CC2)C1.Cl. The molecular formula is C15H26ClN3O2S. The molecule has 0 aliphatic carbocycles. The van der Waals surface area contributed by atoms with E-state index in [0.29, 0.717) is 0 Å². The zero-order valence-electron chi connectivity index (χ0n) is 13.2. The third-order valence-electron chi connectivity index (χ3n) is 5.26. The van der Waals surface area contributed by atoms with Crippen molar-refractivity contribution in [2.45, 2.75) is 38.6 Å². The maximum Gasteiger partial charge on any atom is 0.240 e. The Labute approximate surface area is 142 Å². The lowest BCUT2D eigenvalue weighted by molar-refractivity contribution is -0.139. The average molecular weight is 348 g/mol. The van der Waals surface area contributed by atoms with Crippen LogP contribution in [0.15, 0.2) is 0 Å². The number of piperidine rings is 2. The van der Waals surface area contributed by atoms with E-state index in [2.05, 4.69) is 5.32 Å². The van der Waals surface area contributed by atoms with Crippen LogP contribution in [0.2, 0.25) is 0 Å². The molecule has 3 aliphatic heterocycles. The highest BCUT2D eigenvalue weighted by atomic mass is 35.5. The van der Waals surface area contributed by atoms with Crippen LogP contribution in [0.4, 0.5) is 0 Å². The van der Waals surface area contributed by atoms with Crippen molar-refractivity contribution >= 4 is 36.0 Å². The molecule has 1 N–H and O–H groups in total. The second kappa shape index (κ2) is 7.41. The van der Waals surface area contributed by atoms with Crippen LogP contribution < -0.4 is 5.32 Å². The predicted molar refractivity (Wildman–Crippen MR) is 91.2 cm³/mol. The van der Waals surface area contributed by atoms with E-state index in [0.717, 1.165) is 57.1 Å². The van der Waals surface area contributed by atoms with Crippen molar-refractivity contribution in [3.8, 4) is 0 Å². The number of carbonyl (C=O) groups excluding carboxylic acids is 2. The van der Waals surface area contributed by atoms with Gasteiger partial charge in [-0.2, -0.15) is 0 Å². The second-order valence-electron chi connectivity index (χ2n) is 6.64. The third-order valence-corrected chi connectivity index (χ3v) is 6.20. The first-order valence-corrected chi connectivity index (χ1v) is 9.11. The van der Waals surface area contributed by atoms with Gasteiger partial charge in [0.1, 0.15) is 0 Å². The van der Waals surface area contributed by atoms with Gasteiger partial charge in [-0.1, -0.05) is 0 Å². The largest absolute Gasteiger partial charge is 0.342 e. The van der Waals surface area contributed by atoms with E-state index in [1.807, 2.05) is 9.80 Å². The van der Waals surface area contributed by atoms with E-state index in [4.69, 9.17) is 0 Å². The minimum absolute atomic E-state index is 0. The molecule has 0 radical (unpaired) electrons. The first-order chi connectivity index (χ1) is 10.1. The number of carbonyl (C=O) groups is 2. The lowest BCUT2D eigenvalue weighted by Crippen LogP contribution is -2.54. The fraction of sp³-hybridized carbons (Fsp3) is 0.867. The predicted octanol–water partition coefficient (Wildman–Crippen LogP) is 1.32. The van der Waals surface area contributed by atoms with Gasteiger partial charge in [0, 0.05) is 44.7 Å². The summed E-state index contributed by atoms with van der Waals surface area (Å²) in [6.45, 7) is 5.17. The van der Waals surface area contributed by atoms with Crippen molar-refractivity contribution in [3.63, 3.8) is 0 Å². The van der Waals surface area contributed by atoms with E-state index < -0.39 is 0 Å². The van der Waals surface area contributed by atoms with Crippen molar-refractivity contribution in [3.05, 3.63) is 0 Å². The molecule has 3 rings (SSSR count). The number of nitrogens with one attached hydrogen (secondary N) is 1. The molecule has 0 unspecified atom stereocenters. The molecule has 0 aromatic heterocycles. The fourth-order valence-corrected chi connectivity index (χ4v) is 4.79. The molecule has 3 heterocycles. The normalized spacial score (nSPS) is 27.6. The molecule has 3 aliphatic rings. The van der Waals surface area contributed by atoms with Gasteiger partial charge in [0.15, 0.2) is 0 Å². The molecular weight excluding hydrogens is 322 g/mol. The van der Waals surface area contributed by atoms with Crippen LogP contribution >= 0.6 is 24.2 Å². The van der Waals surface area contributed by atoms with Crippen molar-refractivity contribution in [2.75, 3.05) is 37.8 Å². The third kappa shape index (κ3) is 3.71. The number of thioether (sulfide) groups is 1. The number of halogens is 1. The first-order valence-electron chi connectivity index (χ1n) is 7.95. The van der Waals surface area contributed by atoms with E-state index in [1.54, 1.807) is 18.7 Å². The molecule has 0 saturated carbocycles. The molecule has 0 aromatic rings. The molecule has 5 nitrogen and oxygen atoms in total. The molecule has 126 valence electrons. The monoisotopic (exact) mass is 347 g/mol. The Morgan fingerprint density at radius 1 is 1.14 bits per heavy atom. The van der Waals surface area contributed by atoms with E-state index in [-0.39, 0.29) is 35.7 Å². The Morgan fingerprint density at radius 2 is 1.86 bits per heavy atom. The summed E-state index contributed by atoms with van der Waals surface area (Å²) >= 11 is 1.80. The molecule has 1 spiro atoms. The van der Waals surface area contributed by atoms with Gasteiger partial charge in [-0.3, -0.25) is 14.9 Å². The standard InChI is InChI=1S/C15H25N3O2S.ClH/c1-12(19)18-6-2-3-15(10-18)4-7-17(8-5-15)14(20)13-9-21-11-16-13;/h13,16H,2-11H2,1H3;1H/t13-;/m0./s1. The highest BCUT2D eigenvalue weighted by Gasteiger charge is 2.41. The Balaban J connectivity index is 0.00000176. The molecule has 0 aromatic carbocycles. The van der Waals surface area contributed by atoms with E-state index in [1.165, 1.54) is 6.42 Å². The Hall–Kier alpha value is -0.460. The summed E-state index contributed by atoms with van der Waals surface area (Å²) in [6.07, 6.45) is 4.40. The number of likely N-dealkylation sites (tertiary alicyclic amines) is 2. The first kappa shape index (κ1) is 17.9. The Kier molecular flexibility index (Phi) is 6.02. The summed E-state index contributed by atoms with van der Waals surface area (Å²) in [5.74, 6) is 2.26. The summed E-state index contributed by atoms with van der Waals surface area (Å²) in [5.41, 5.74) is 0.262. The number of nitrogens with zero attached hydrogens (tertiary/aromatic N) is 2. The van der Waals surface area contributed by atoms with Gasteiger partial charge in [0.25, 0.3) is 0 Å². The van der Waals surface area contributed by atoms with Gasteiger partial charge in [-0.25, -0.2) is 0 Å². The molecule has 3 fully saturated rings. The van der Waals surface area contributed by atoms with Crippen molar-refractivity contribution in [1.29, 1.82) is 0 Å². The second-order valence-corrected chi connectivity index (χ2v) is 7.67. The smallest absolute Gasteiger partial charge is 0.240 e. The van der Waals surface area contributed by atoms with Crippen LogP contribution in [0.1, 0.15) is 32.6 Å². The minimum atomic E-state index is 0. The van der Waals surface area contributed by atoms with Crippen LogP contribution in [-0.4, -0.2) is 65.5 Å². The van der Waals surface area contributed by atoms with E-state index >= 15 is 0 Å². The number of rotatable bonds is 1. The maximum absolute atomic E-state index is 12.4. The van der Waals surface area contributed by atoms with Gasteiger partial charge in [-0.15, -0.1) is 24.2 Å². The highest BCUT2D eigenvalue weighted by molar-refractivity contribution is 7.99. The summed E-state index contributed by atoms with van der Waals surface area (Å²) in [4.78, 5) is 28.1. The quantitative estimate of drug-likeness (QED) is 0.777. The number of hydrogen-bond acceptors (Lipinski definition) is 4. The zero-order chi connectivity index (χ0) is 14.9. The number of amides is 2. The summed E-state index contributed by atoms with van der Waals surface area (Å²) < 4.78 is 0. The van der Waals surface area contributed by atoms with E-state index in [9.17, 15) is 9.59 Å². The van der Waals surface area contributed by atoms with Gasteiger partial charge >= 0.3 is 0 Å². The fourth-order valence-electron chi connectivity index (χ4n) is 3.86. The summed E-state index contributed by atoms with van der Waals surface area (Å²) in [7, 11) is 0. The Morgan fingerprint density at radius 3 is 2.45 bits per heavy atom. The average Bonchev–Trinajstić information content (AvgIpc) is 3.02. The lowest BCUT2D eigenvalue weighted by atomic mass is 9.72. The number of hydrogen-bond donors (Lipinski definition) is 1. The molecule has 22 heavy (non-hydrogen) atoms. The van der Waals surface area contributed by atoms with Gasteiger partial charge in [0.05, 0.1) is 6.04 Å². The lowest BCUT2D eigenvalue weighted by Gasteiger charge is -2.47. The molecule has 0 bridgehead atoms. The van der Waals surface area contributed by atoms with Crippen molar-refractivity contribution in [2.24, 2.45) is 5.41 Å². The maximum atomic E-state index is 12.4. The minimum Gasteiger partial charge on any atom is -0.342 e. The highest BCUT2D eigenvalue weighted by Crippen LogP contribution is 2.40. The van der Waals surface area contributed by atoms with Crippen molar-refractivity contribution in [1.82, 2.24) is 15.1 Å². The summed E-state index contributed by atoms with van der Waals surface area (Å²) in [6, 6.07) is 0.0177. The molecule has 3 saturated heterocycles.